The molecule has 1 atom stereocenters. The van der Waals surface area contributed by atoms with E-state index in [9.17, 15) is 9.90 Å². The lowest BCUT2D eigenvalue weighted by Gasteiger charge is -2.21. The summed E-state index contributed by atoms with van der Waals surface area (Å²) in [6.07, 6.45) is 0. The summed E-state index contributed by atoms with van der Waals surface area (Å²) in [6, 6.07) is 2.94. The van der Waals surface area contributed by atoms with Crippen LogP contribution in [-0.4, -0.2) is 49.1 Å². The van der Waals surface area contributed by atoms with Crippen LogP contribution in [0.15, 0.2) is 12.1 Å². The zero-order valence-electron chi connectivity index (χ0n) is 11.8. The molecule has 112 valence electrons. The number of hydrogen-bond donors (Lipinski definition) is 4. The van der Waals surface area contributed by atoms with Crippen molar-refractivity contribution in [3.63, 3.8) is 0 Å². The number of nitrogen functional groups attached to an aromatic ring is 1. The molecule has 7 nitrogen and oxygen atoms in total. The van der Waals surface area contributed by atoms with Crippen molar-refractivity contribution in [3.8, 4) is 11.5 Å². The first kappa shape index (κ1) is 16.1. The molecule has 0 heterocycles. The molecule has 0 aliphatic carbocycles. The van der Waals surface area contributed by atoms with Gasteiger partial charge in [0.15, 0.2) is 11.5 Å². The Labute approximate surface area is 117 Å². The van der Waals surface area contributed by atoms with Crippen LogP contribution in [-0.2, 0) is 0 Å². The van der Waals surface area contributed by atoms with Crippen molar-refractivity contribution in [2.75, 3.05) is 33.1 Å². The van der Waals surface area contributed by atoms with Gasteiger partial charge in [-0.25, -0.2) is 0 Å². The summed E-state index contributed by atoms with van der Waals surface area (Å²) < 4.78 is 10.2. The SMILES string of the molecule is COc1cc(N)c(C(=O)NCC(C)(O)CO)cc1OC. The maximum atomic E-state index is 12.0. The van der Waals surface area contributed by atoms with E-state index < -0.39 is 18.1 Å². The zero-order valence-corrected chi connectivity index (χ0v) is 11.8. The summed E-state index contributed by atoms with van der Waals surface area (Å²) in [7, 11) is 2.92. The minimum Gasteiger partial charge on any atom is -0.493 e. The summed E-state index contributed by atoms with van der Waals surface area (Å²) in [5, 5.41) is 21.0. The molecule has 1 amide bonds. The lowest BCUT2D eigenvalue weighted by atomic mass is 10.1. The van der Waals surface area contributed by atoms with Crippen LogP contribution in [0.25, 0.3) is 0 Å². The zero-order chi connectivity index (χ0) is 15.3. The normalized spacial score (nSPS) is 13.4. The highest BCUT2D eigenvalue weighted by Gasteiger charge is 2.21. The molecule has 1 aromatic rings. The number of carbonyl (C=O) groups excluding carboxylic acids is 1. The fourth-order valence-electron chi connectivity index (χ4n) is 1.51. The molecule has 0 fully saturated rings. The highest BCUT2D eigenvalue weighted by Crippen LogP contribution is 2.31. The average Bonchev–Trinajstić information content (AvgIpc) is 2.44. The first-order chi connectivity index (χ1) is 9.34. The third-order valence-corrected chi connectivity index (χ3v) is 2.77. The number of methoxy groups -OCH3 is 2. The predicted octanol–water partition coefficient (Wildman–Crippen LogP) is -0.241. The van der Waals surface area contributed by atoms with E-state index in [-0.39, 0.29) is 17.8 Å². The van der Waals surface area contributed by atoms with Gasteiger partial charge in [-0.1, -0.05) is 0 Å². The predicted molar refractivity (Wildman–Crippen MR) is 74.0 cm³/mol. The minimum atomic E-state index is -1.39. The standard InChI is InChI=1S/C13H20N2O5/c1-13(18,7-16)6-15-12(17)8-4-10(19-2)11(20-3)5-9(8)14/h4-5,16,18H,6-7,14H2,1-3H3,(H,15,17). The van der Waals surface area contributed by atoms with E-state index in [1.807, 2.05) is 0 Å². The van der Waals surface area contributed by atoms with Crippen molar-refractivity contribution in [1.29, 1.82) is 0 Å². The Morgan fingerprint density at radius 2 is 1.90 bits per heavy atom. The molecule has 0 bridgehead atoms. The number of carbonyl (C=O) groups is 1. The van der Waals surface area contributed by atoms with Crippen LogP contribution in [0.3, 0.4) is 0 Å². The van der Waals surface area contributed by atoms with Gasteiger partial charge in [0.2, 0.25) is 0 Å². The lowest BCUT2D eigenvalue weighted by Crippen LogP contribution is -2.43. The van der Waals surface area contributed by atoms with Crippen LogP contribution in [0.1, 0.15) is 17.3 Å². The van der Waals surface area contributed by atoms with E-state index in [1.54, 1.807) is 0 Å². The van der Waals surface area contributed by atoms with Crippen molar-refractivity contribution >= 4 is 11.6 Å². The summed E-state index contributed by atoms with van der Waals surface area (Å²) in [5.74, 6) is 0.321. The Balaban J connectivity index is 2.93. The Bertz CT molecular complexity index is 488. The first-order valence-corrected chi connectivity index (χ1v) is 5.97. The summed E-state index contributed by atoms with van der Waals surface area (Å²) in [6.45, 7) is 0.843. The molecule has 0 radical (unpaired) electrons. The minimum absolute atomic E-state index is 0.101. The molecule has 1 rings (SSSR count). The van der Waals surface area contributed by atoms with Crippen LogP contribution >= 0.6 is 0 Å². The number of anilines is 1. The van der Waals surface area contributed by atoms with Crippen LogP contribution in [0, 0.1) is 0 Å². The van der Waals surface area contributed by atoms with Gasteiger partial charge in [0.25, 0.3) is 5.91 Å². The highest BCUT2D eigenvalue weighted by atomic mass is 16.5. The summed E-state index contributed by atoms with van der Waals surface area (Å²) in [5.41, 5.74) is 4.83. The Morgan fingerprint density at radius 1 is 1.35 bits per heavy atom. The number of aliphatic hydroxyl groups excluding tert-OH is 1. The van der Waals surface area contributed by atoms with Crippen molar-refractivity contribution in [3.05, 3.63) is 17.7 Å². The van der Waals surface area contributed by atoms with Crippen LogP contribution < -0.4 is 20.5 Å². The highest BCUT2D eigenvalue weighted by molar-refractivity contribution is 6.00. The molecule has 5 N–H and O–H groups in total. The molecule has 0 aliphatic heterocycles. The third kappa shape index (κ3) is 3.75. The third-order valence-electron chi connectivity index (χ3n) is 2.77. The fourth-order valence-corrected chi connectivity index (χ4v) is 1.51. The number of ether oxygens (including phenoxy) is 2. The van der Waals surface area contributed by atoms with Gasteiger partial charge in [0.1, 0.15) is 5.60 Å². The number of aliphatic hydroxyl groups is 2. The topological polar surface area (TPSA) is 114 Å². The molecular weight excluding hydrogens is 264 g/mol. The molecule has 7 heteroatoms. The van der Waals surface area contributed by atoms with Crippen LogP contribution in [0.5, 0.6) is 11.5 Å². The maximum absolute atomic E-state index is 12.0. The van der Waals surface area contributed by atoms with E-state index in [4.69, 9.17) is 20.3 Å². The number of hydrogen-bond acceptors (Lipinski definition) is 6. The maximum Gasteiger partial charge on any atom is 0.253 e. The molecule has 1 unspecified atom stereocenters. The second-order valence-electron chi connectivity index (χ2n) is 4.63. The molecule has 0 aromatic heterocycles. The van der Waals surface area contributed by atoms with Gasteiger partial charge >= 0.3 is 0 Å². The van der Waals surface area contributed by atoms with Gasteiger partial charge in [-0.15, -0.1) is 0 Å². The first-order valence-electron chi connectivity index (χ1n) is 5.97. The fraction of sp³-hybridized carbons (Fsp3) is 0.462. The molecular formula is C13H20N2O5. The van der Waals surface area contributed by atoms with Gasteiger partial charge < -0.3 is 30.7 Å². The number of benzene rings is 1. The van der Waals surface area contributed by atoms with Crippen molar-refractivity contribution < 1.29 is 24.5 Å². The van der Waals surface area contributed by atoms with Gasteiger partial charge in [-0.05, 0) is 13.0 Å². The molecule has 20 heavy (non-hydrogen) atoms. The summed E-state index contributed by atoms with van der Waals surface area (Å²) in [4.78, 5) is 12.0. The quantitative estimate of drug-likeness (QED) is 0.536. The molecule has 1 aromatic carbocycles. The molecule has 0 saturated heterocycles. The second-order valence-corrected chi connectivity index (χ2v) is 4.63. The molecule has 0 saturated carbocycles. The molecule has 0 spiro atoms. The van der Waals surface area contributed by atoms with E-state index in [1.165, 1.54) is 33.3 Å². The number of nitrogens with one attached hydrogen (secondary N) is 1. The smallest absolute Gasteiger partial charge is 0.253 e. The van der Waals surface area contributed by atoms with Gasteiger partial charge in [0.05, 0.1) is 26.4 Å². The van der Waals surface area contributed by atoms with Gasteiger partial charge in [0, 0.05) is 18.3 Å². The number of rotatable bonds is 6. The van der Waals surface area contributed by atoms with Crippen LogP contribution in [0.2, 0.25) is 0 Å². The lowest BCUT2D eigenvalue weighted by molar-refractivity contribution is 0.00320. The van der Waals surface area contributed by atoms with E-state index >= 15 is 0 Å². The largest absolute Gasteiger partial charge is 0.493 e. The molecule has 0 aliphatic rings. The van der Waals surface area contributed by atoms with E-state index in [0.29, 0.717) is 11.5 Å². The Morgan fingerprint density at radius 3 is 2.40 bits per heavy atom. The van der Waals surface area contributed by atoms with Crippen molar-refractivity contribution in [1.82, 2.24) is 5.32 Å². The van der Waals surface area contributed by atoms with E-state index in [0.717, 1.165) is 0 Å². The van der Waals surface area contributed by atoms with Gasteiger partial charge in [-0.3, -0.25) is 4.79 Å². The van der Waals surface area contributed by atoms with Crippen molar-refractivity contribution in [2.45, 2.75) is 12.5 Å². The van der Waals surface area contributed by atoms with Gasteiger partial charge in [-0.2, -0.15) is 0 Å². The second kappa shape index (κ2) is 6.44. The summed E-state index contributed by atoms with van der Waals surface area (Å²) >= 11 is 0. The number of nitrogens with two attached hydrogens (primary N) is 1. The monoisotopic (exact) mass is 284 g/mol. The van der Waals surface area contributed by atoms with E-state index in [2.05, 4.69) is 5.32 Å². The Hall–Kier alpha value is -1.99. The van der Waals surface area contributed by atoms with Crippen molar-refractivity contribution in [2.24, 2.45) is 0 Å². The van der Waals surface area contributed by atoms with Crippen LogP contribution in [0.4, 0.5) is 5.69 Å². The Kier molecular flexibility index (Phi) is 5.18. The number of amides is 1. The average molecular weight is 284 g/mol.